The number of piperidine rings is 1. The molecule has 2 fully saturated rings. The van der Waals surface area contributed by atoms with Gasteiger partial charge in [0.25, 0.3) is 0 Å². The minimum Gasteiger partial charge on any atom is -0.481 e. The molecule has 0 aromatic heterocycles. The van der Waals surface area contributed by atoms with Crippen molar-refractivity contribution in [2.45, 2.75) is 51.0 Å². The zero-order chi connectivity index (χ0) is 13.2. The first-order valence-electron chi connectivity index (χ1n) is 6.86. The molecule has 5 heteroatoms. The molecule has 2 amide bonds. The van der Waals surface area contributed by atoms with Gasteiger partial charge in [-0.05, 0) is 38.5 Å². The van der Waals surface area contributed by atoms with E-state index in [-0.39, 0.29) is 11.6 Å². The summed E-state index contributed by atoms with van der Waals surface area (Å²) in [5.74, 6) is -1.19. The standard InChI is InChI=1S/C13H22N2O3/c1-2-13(6-4-7-13)14-12(18)15-8-3-5-10(9-15)11(16)17/h10H,2-9H2,1H3,(H,14,18)(H,16,17). The fourth-order valence-corrected chi connectivity index (χ4v) is 2.84. The van der Waals surface area contributed by atoms with Gasteiger partial charge in [-0.2, -0.15) is 0 Å². The summed E-state index contributed by atoms with van der Waals surface area (Å²) in [5, 5.41) is 12.1. The van der Waals surface area contributed by atoms with Gasteiger partial charge in [-0.1, -0.05) is 6.92 Å². The number of likely N-dealkylation sites (tertiary alicyclic amines) is 1. The second-order valence-corrected chi connectivity index (χ2v) is 5.54. The van der Waals surface area contributed by atoms with Crippen LogP contribution in [0.2, 0.25) is 0 Å². The molecule has 18 heavy (non-hydrogen) atoms. The van der Waals surface area contributed by atoms with Crippen molar-refractivity contribution in [2.75, 3.05) is 13.1 Å². The Balaban J connectivity index is 1.90. The first-order valence-corrected chi connectivity index (χ1v) is 6.86. The molecule has 0 spiro atoms. The van der Waals surface area contributed by atoms with Gasteiger partial charge in [-0.25, -0.2) is 4.79 Å². The number of carboxylic acids is 1. The third-order valence-electron chi connectivity index (χ3n) is 4.42. The summed E-state index contributed by atoms with van der Waals surface area (Å²) in [6.45, 7) is 3.12. The van der Waals surface area contributed by atoms with Crippen LogP contribution in [0.4, 0.5) is 4.79 Å². The largest absolute Gasteiger partial charge is 0.481 e. The molecule has 1 aliphatic heterocycles. The molecule has 1 saturated carbocycles. The maximum atomic E-state index is 12.2. The van der Waals surface area contributed by atoms with E-state index < -0.39 is 11.9 Å². The van der Waals surface area contributed by atoms with Gasteiger partial charge in [0.15, 0.2) is 0 Å². The second-order valence-electron chi connectivity index (χ2n) is 5.54. The van der Waals surface area contributed by atoms with E-state index in [9.17, 15) is 9.59 Å². The van der Waals surface area contributed by atoms with Crippen molar-refractivity contribution in [3.63, 3.8) is 0 Å². The fraction of sp³-hybridized carbons (Fsp3) is 0.846. The Bertz CT molecular complexity index is 334. The summed E-state index contributed by atoms with van der Waals surface area (Å²) in [5.41, 5.74) is -0.0206. The zero-order valence-corrected chi connectivity index (χ0v) is 10.9. The van der Waals surface area contributed by atoms with Crippen molar-refractivity contribution in [1.82, 2.24) is 10.2 Å². The summed E-state index contributed by atoms with van der Waals surface area (Å²) in [6, 6.07) is -0.0810. The third-order valence-corrected chi connectivity index (χ3v) is 4.42. The van der Waals surface area contributed by atoms with E-state index in [0.717, 1.165) is 25.7 Å². The molecule has 1 heterocycles. The maximum Gasteiger partial charge on any atom is 0.317 e. The van der Waals surface area contributed by atoms with E-state index in [1.54, 1.807) is 4.90 Å². The number of carboxylic acid groups (broad SMARTS) is 1. The number of nitrogens with one attached hydrogen (secondary N) is 1. The summed E-state index contributed by atoms with van der Waals surface area (Å²) >= 11 is 0. The topological polar surface area (TPSA) is 69.6 Å². The van der Waals surface area contributed by atoms with Gasteiger partial charge in [0, 0.05) is 18.6 Å². The van der Waals surface area contributed by atoms with Gasteiger partial charge in [-0.15, -0.1) is 0 Å². The minimum atomic E-state index is -0.790. The molecule has 2 N–H and O–H groups in total. The zero-order valence-electron chi connectivity index (χ0n) is 10.9. The molecule has 2 rings (SSSR count). The van der Waals surface area contributed by atoms with Crippen molar-refractivity contribution in [2.24, 2.45) is 5.92 Å². The lowest BCUT2D eigenvalue weighted by atomic mass is 9.75. The van der Waals surface area contributed by atoms with Crippen molar-refractivity contribution >= 4 is 12.0 Å². The summed E-state index contributed by atoms with van der Waals surface area (Å²) in [4.78, 5) is 24.8. The normalized spacial score (nSPS) is 26.3. The highest BCUT2D eigenvalue weighted by Crippen LogP contribution is 2.34. The molecule has 1 aliphatic carbocycles. The highest BCUT2D eigenvalue weighted by Gasteiger charge is 2.38. The van der Waals surface area contributed by atoms with Crippen LogP contribution in [0.5, 0.6) is 0 Å². The van der Waals surface area contributed by atoms with E-state index in [1.807, 2.05) is 0 Å². The predicted molar refractivity (Wildman–Crippen MR) is 67.3 cm³/mol. The van der Waals surface area contributed by atoms with Gasteiger partial charge in [0.05, 0.1) is 5.92 Å². The average Bonchev–Trinajstić information content (AvgIpc) is 2.33. The molecule has 0 radical (unpaired) electrons. The van der Waals surface area contributed by atoms with Crippen molar-refractivity contribution in [1.29, 1.82) is 0 Å². The quantitative estimate of drug-likeness (QED) is 0.807. The Morgan fingerprint density at radius 1 is 1.39 bits per heavy atom. The highest BCUT2D eigenvalue weighted by atomic mass is 16.4. The van der Waals surface area contributed by atoms with E-state index in [1.165, 1.54) is 6.42 Å². The molecule has 1 atom stereocenters. The summed E-state index contributed by atoms with van der Waals surface area (Å²) < 4.78 is 0. The van der Waals surface area contributed by atoms with Crippen LogP contribution in [0.15, 0.2) is 0 Å². The lowest BCUT2D eigenvalue weighted by Gasteiger charge is -2.44. The number of hydrogen-bond acceptors (Lipinski definition) is 2. The van der Waals surface area contributed by atoms with E-state index in [4.69, 9.17) is 5.11 Å². The van der Waals surface area contributed by atoms with Gasteiger partial charge >= 0.3 is 12.0 Å². The first kappa shape index (κ1) is 13.2. The smallest absolute Gasteiger partial charge is 0.317 e. The maximum absolute atomic E-state index is 12.2. The van der Waals surface area contributed by atoms with Crippen LogP contribution < -0.4 is 5.32 Å². The molecule has 0 aromatic carbocycles. The predicted octanol–water partition coefficient (Wildman–Crippen LogP) is 1.83. The minimum absolute atomic E-state index is 0.0206. The molecular weight excluding hydrogens is 232 g/mol. The number of aliphatic carboxylic acids is 1. The van der Waals surface area contributed by atoms with Crippen LogP contribution >= 0.6 is 0 Å². The van der Waals surface area contributed by atoms with Crippen LogP contribution in [0.25, 0.3) is 0 Å². The van der Waals surface area contributed by atoms with Crippen LogP contribution in [-0.2, 0) is 4.79 Å². The number of urea groups is 1. The molecule has 5 nitrogen and oxygen atoms in total. The Labute approximate surface area is 108 Å². The molecule has 2 aliphatic rings. The SMILES string of the molecule is CCC1(NC(=O)N2CCCC(C(=O)O)C2)CCC1. The molecule has 1 unspecified atom stereocenters. The monoisotopic (exact) mass is 254 g/mol. The molecule has 1 saturated heterocycles. The Kier molecular flexibility index (Phi) is 3.78. The van der Waals surface area contributed by atoms with Crippen LogP contribution in [0.1, 0.15) is 45.4 Å². The number of carbonyl (C=O) groups excluding carboxylic acids is 1. The fourth-order valence-electron chi connectivity index (χ4n) is 2.84. The number of amides is 2. The summed E-state index contributed by atoms with van der Waals surface area (Å²) in [7, 11) is 0. The number of hydrogen-bond donors (Lipinski definition) is 2. The van der Waals surface area contributed by atoms with Gasteiger partial charge in [-0.3, -0.25) is 4.79 Å². The Morgan fingerprint density at radius 3 is 2.61 bits per heavy atom. The third kappa shape index (κ3) is 2.60. The van der Waals surface area contributed by atoms with Crippen molar-refractivity contribution < 1.29 is 14.7 Å². The Hall–Kier alpha value is -1.26. The van der Waals surface area contributed by atoms with Crippen LogP contribution in [0.3, 0.4) is 0 Å². The number of nitrogens with zero attached hydrogens (tertiary/aromatic N) is 1. The summed E-state index contributed by atoms with van der Waals surface area (Å²) in [6.07, 6.45) is 5.68. The lowest BCUT2D eigenvalue weighted by molar-refractivity contribution is -0.143. The molecule has 102 valence electrons. The number of rotatable bonds is 3. The molecule has 0 bridgehead atoms. The molecular formula is C13H22N2O3. The van der Waals surface area contributed by atoms with E-state index in [2.05, 4.69) is 12.2 Å². The second kappa shape index (κ2) is 5.16. The van der Waals surface area contributed by atoms with Crippen LogP contribution in [0, 0.1) is 5.92 Å². The molecule has 0 aromatic rings. The van der Waals surface area contributed by atoms with Crippen molar-refractivity contribution in [3.05, 3.63) is 0 Å². The highest BCUT2D eigenvalue weighted by molar-refractivity contribution is 5.77. The Morgan fingerprint density at radius 2 is 2.11 bits per heavy atom. The van der Waals surface area contributed by atoms with Gasteiger partial charge in [0.2, 0.25) is 0 Å². The van der Waals surface area contributed by atoms with Crippen molar-refractivity contribution in [3.8, 4) is 0 Å². The number of carbonyl (C=O) groups is 2. The van der Waals surface area contributed by atoms with Crippen LogP contribution in [-0.4, -0.2) is 40.6 Å². The first-order chi connectivity index (χ1) is 8.56. The lowest BCUT2D eigenvalue weighted by Crippen LogP contribution is -2.58. The van der Waals surface area contributed by atoms with E-state index in [0.29, 0.717) is 19.5 Å². The van der Waals surface area contributed by atoms with Gasteiger partial charge < -0.3 is 15.3 Å². The average molecular weight is 254 g/mol. The van der Waals surface area contributed by atoms with Gasteiger partial charge in [0.1, 0.15) is 0 Å². The van der Waals surface area contributed by atoms with E-state index >= 15 is 0 Å².